The lowest BCUT2D eigenvalue weighted by Gasteiger charge is -2.18. The molecule has 1 unspecified atom stereocenters. The summed E-state index contributed by atoms with van der Waals surface area (Å²) in [7, 11) is 0. The highest BCUT2D eigenvalue weighted by atomic mass is 19.1. The second-order valence-electron chi connectivity index (χ2n) is 5.77. The second kappa shape index (κ2) is 5.52. The van der Waals surface area contributed by atoms with Gasteiger partial charge in [0.05, 0.1) is 16.7 Å². The van der Waals surface area contributed by atoms with E-state index in [1.54, 1.807) is 36.4 Å². The lowest BCUT2D eigenvalue weighted by Crippen LogP contribution is -2.33. The number of anilines is 2. The zero-order chi connectivity index (χ0) is 16.7. The molecule has 122 valence electrons. The maximum absolute atomic E-state index is 13.9. The highest BCUT2D eigenvalue weighted by Crippen LogP contribution is 2.26. The van der Waals surface area contributed by atoms with Crippen LogP contribution in [0.4, 0.5) is 15.8 Å². The molecule has 1 amide bonds. The summed E-state index contributed by atoms with van der Waals surface area (Å²) in [5.74, 6) is -0.569. The van der Waals surface area contributed by atoms with E-state index < -0.39 is 11.9 Å². The predicted molar refractivity (Wildman–Crippen MR) is 89.7 cm³/mol. The van der Waals surface area contributed by atoms with Gasteiger partial charge in [-0.1, -0.05) is 12.1 Å². The first-order valence-corrected chi connectivity index (χ1v) is 7.66. The number of aromatic nitrogens is 2. The number of amides is 1. The SMILES string of the molecule is O=C1C(Nc2ccc3[nH]c(=O)[nH]c3c2)CCN1c1ccccc1F. The molecular formula is C17H15FN4O2. The van der Waals surface area contributed by atoms with Gasteiger partial charge in [0.1, 0.15) is 11.9 Å². The van der Waals surface area contributed by atoms with Gasteiger partial charge >= 0.3 is 5.69 Å². The smallest absolute Gasteiger partial charge is 0.323 e. The molecule has 2 aromatic carbocycles. The first kappa shape index (κ1) is 14.5. The summed E-state index contributed by atoms with van der Waals surface area (Å²) in [4.78, 5) is 30.7. The van der Waals surface area contributed by atoms with Crippen molar-refractivity contribution >= 4 is 28.3 Å². The second-order valence-corrected chi connectivity index (χ2v) is 5.77. The maximum Gasteiger partial charge on any atom is 0.323 e. The molecule has 4 rings (SSSR count). The highest BCUT2D eigenvalue weighted by Gasteiger charge is 2.33. The van der Waals surface area contributed by atoms with Crippen molar-refractivity contribution in [1.29, 1.82) is 0 Å². The number of nitrogens with one attached hydrogen (secondary N) is 3. The van der Waals surface area contributed by atoms with Gasteiger partial charge < -0.3 is 20.2 Å². The van der Waals surface area contributed by atoms with E-state index in [-0.39, 0.29) is 11.6 Å². The molecular weight excluding hydrogens is 311 g/mol. The number of aromatic amines is 2. The number of rotatable bonds is 3. The number of fused-ring (bicyclic) bond motifs is 1. The molecule has 1 aromatic heterocycles. The molecule has 3 N–H and O–H groups in total. The van der Waals surface area contributed by atoms with Crippen LogP contribution in [0.15, 0.2) is 47.3 Å². The minimum absolute atomic E-state index is 0.164. The van der Waals surface area contributed by atoms with Gasteiger partial charge in [-0.15, -0.1) is 0 Å². The fraction of sp³-hybridized carbons (Fsp3) is 0.176. The van der Waals surface area contributed by atoms with Gasteiger partial charge in [0, 0.05) is 12.2 Å². The van der Waals surface area contributed by atoms with E-state index in [0.29, 0.717) is 29.7 Å². The molecule has 0 saturated carbocycles. The average Bonchev–Trinajstić information content (AvgIpc) is 3.10. The quantitative estimate of drug-likeness (QED) is 0.690. The molecule has 0 radical (unpaired) electrons. The van der Waals surface area contributed by atoms with Crippen molar-refractivity contribution in [2.45, 2.75) is 12.5 Å². The Morgan fingerprint density at radius 1 is 1.08 bits per heavy atom. The molecule has 3 aromatic rings. The molecule has 2 heterocycles. The molecule has 24 heavy (non-hydrogen) atoms. The third-order valence-corrected chi connectivity index (χ3v) is 4.21. The van der Waals surface area contributed by atoms with E-state index in [1.165, 1.54) is 11.0 Å². The average molecular weight is 326 g/mol. The first-order chi connectivity index (χ1) is 11.6. The molecule has 1 aliphatic heterocycles. The molecule has 6 nitrogen and oxygen atoms in total. The van der Waals surface area contributed by atoms with Crippen molar-refractivity contribution in [3.63, 3.8) is 0 Å². The van der Waals surface area contributed by atoms with E-state index in [9.17, 15) is 14.0 Å². The molecule has 1 fully saturated rings. The van der Waals surface area contributed by atoms with Gasteiger partial charge in [-0.25, -0.2) is 9.18 Å². The third kappa shape index (κ3) is 2.44. The Hall–Kier alpha value is -3.09. The Morgan fingerprint density at radius 2 is 1.88 bits per heavy atom. The molecule has 0 bridgehead atoms. The number of benzene rings is 2. The molecule has 1 saturated heterocycles. The highest BCUT2D eigenvalue weighted by molar-refractivity contribution is 6.01. The van der Waals surface area contributed by atoms with Crippen molar-refractivity contribution < 1.29 is 9.18 Å². The predicted octanol–water partition coefficient (Wildman–Crippen LogP) is 2.21. The van der Waals surface area contributed by atoms with Crippen LogP contribution in [0.5, 0.6) is 0 Å². The topological polar surface area (TPSA) is 81.0 Å². The Balaban J connectivity index is 1.56. The normalized spacial score (nSPS) is 17.6. The van der Waals surface area contributed by atoms with Crippen molar-refractivity contribution in [3.05, 3.63) is 58.8 Å². The molecule has 0 spiro atoms. The number of carbonyl (C=O) groups excluding carboxylic acids is 1. The number of para-hydroxylation sites is 1. The Bertz CT molecular complexity index is 978. The van der Waals surface area contributed by atoms with Gasteiger partial charge in [-0.05, 0) is 36.8 Å². The largest absolute Gasteiger partial charge is 0.374 e. The maximum atomic E-state index is 13.9. The van der Waals surface area contributed by atoms with Crippen molar-refractivity contribution in [2.24, 2.45) is 0 Å². The lowest BCUT2D eigenvalue weighted by molar-refractivity contribution is -0.117. The zero-order valence-electron chi connectivity index (χ0n) is 12.7. The Morgan fingerprint density at radius 3 is 2.71 bits per heavy atom. The standard InChI is InChI=1S/C17H15FN4O2/c18-11-3-1-2-4-15(11)22-8-7-13(16(22)23)19-10-5-6-12-14(9-10)21-17(24)20-12/h1-6,9,13,19H,7-8H2,(H2,20,21,24). The first-order valence-electron chi connectivity index (χ1n) is 7.66. The van der Waals surface area contributed by atoms with Crippen molar-refractivity contribution in [1.82, 2.24) is 9.97 Å². The lowest BCUT2D eigenvalue weighted by atomic mass is 10.2. The summed E-state index contributed by atoms with van der Waals surface area (Å²) < 4.78 is 13.9. The minimum Gasteiger partial charge on any atom is -0.374 e. The minimum atomic E-state index is -0.423. The summed E-state index contributed by atoms with van der Waals surface area (Å²) >= 11 is 0. The van der Waals surface area contributed by atoms with E-state index in [0.717, 1.165) is 5.69 Å². The van der Waals surface area contributed by atoms with E-state index in [1.807, 2.05) is 0 Å². The van der Waals surface area contributed by atoms with Gasteiger partial charge in [-0.3, -0.25) is 4.79 Å². The Labute approximate surface area is 136 Å². The van der Waals surface area contributed by atoms with Gasteiger partial charge in [0.25, 0.3) is 0 Å². The van der Waals surface area contributed by atoms with Crippen LogP contribution in [0.1, 0.15) is 6.42 Å². The van der Waals surface area contributed by atoms with Crippen LogP contribution in [0.3, 0.4) is 0 Å². The van der Waals surface area contributed by atoms with E-state index in [2.05, 4.69) is 15.3 Å². The fourth-order valence-corrected chi connectivity index (χ4v) is 3.05. The van der Waals surface area contributed by atoms with Crippen LogP contribution in [0, 0.1) is 5.82 Å². The van der Waals surface area contributed by atoms with Gasteiger partial charge in [-0.2, -0.15) is 0 Å². The summed E-state index contributed by atoms with van der Waals surface area (Å²) in [6.45, 7) is 0.459. The number of hydrogen-bond acceptors (Lipinski definition) is 3. The van der Waals surface area contributed by atoms with Crippen molar-refractivity contribution in [2.75, 3.05) is 16.8 Å². The molecule has 1 atom stereocenters. The molecule has 7 heteroatoms. The number of nitrogens with zero attached hydrogens (tertiary/aromatic N) is 1. The van der Waals surface area contributed by atoms with Crippen LogP contribution in [0.2, 0.25) is 0 Å². The van der Waals surface area contributed by atoms with E-state index >= 15 is 0 Å². The van der Waals surface area contributed by atoms with Gasteiger partial charge in [0.15, 0.2) is 0 Å². The van der Waals surface area contributed by atoms with Crippen LogP contribution in [-0.4, -0.2) is 28.5 Å². The zero-order valence-corrected chi connectivity index (χ0v) is 12.7. The van der Waals surface area contributed by atoms with Crippen molar-refractivity contribution in [3.8, 4) is 0 Å². The molecule has 0 aliphatic carbocycles. The molecule has 1 aliphatic rings. The number of hydrogen-bond donors (Lipinski definition) is 3. The number of carbonyl (C=O) groups is 1. The van der Waals surface area contributed by atoms with Crippen LogP contribution in [-0.2, 0) is 4.79 Å². The third-order valence-electron chi connectivity index (χ3n) is 4.21. The number of imidazole rings is 1. The number of H-pyrrole nitrogens is 2. The van der Waals surface area contributed by atoms with Crippen LogP contribution in [0.25, 0.3) is 11.0 Å². The summed E-state index contributed by atoms with van der Waals surface area (Å²) in [6.07, 6.45) is 0.578. The summed E-state index contributed by atoms with van der Waals surface area (Å²) in [5, 5.41) is 3.16. The number of halogens is 1. The Kier molecular flexibility index (Phi) is 3.34. The van der Waals surface area contributed by atoms with E-state index in [4.69, 9.17) is 0 Å². The van der Waals surface area contributed by atoms with Crippen LogP contribution < -0.4 is 15.9 Å². The van der Waals surface area contributed by atoms with Crippen LogP contribution >= 0.6 is 0 Å². The monoisotopic (exact) mass is 326 g/mol. The van der Waals surface area contributed by atoms with Gasteiger partial charge in [0.2, 0.25) is 5.91 Å². The summed E-state index contributed by atoms with van der Waals surface area (Å²) in [6, 6.07) is 11.2. The summed E-state index contributed by atoms with van der Waals surface area (Å²) in [5.41, 5.74) is 2.13. The fourth-order valence-electron chi connectivity index (χ4n) is 3.05.